The molecule has 1 aromatic carbocycles. The van der Waals surface area contributed by atoms with E-state index in [1.165, 1.54) is 24.1 Å². The number of pyridine rings is 1. The summed E-state index contributed by atoms with van der Waals surface area (Å²) < 4.78 is 30.1. The zero-order valence-corrected chi connectivity index (χ0v) is 23.5. The van der Waals surface area contributed by atoms with Crippen LogP contribution in [0.5, 0.6) is 5.75 Å². The van der Waals surface area contributed by atoms with E-state index >= 15 is 0 Å². The molecule has 2 aliphatic heterocycles. The Morgan fingerprint density at radius 2 is 1.93 bits per heavy atom. The first kappa shape index (κ1) is 27.6. The average Bonchev–Trinajstić information content (AvgIpc) is 3.57. The molecule has 40 heavy (non-hydrogen) atoms. The maximum Gasteiger partial charge on any atom is 0.411 e. The molecule has 2 atom stereocenters. The summed E-state index contributed by atoms with van der Waals surface area (Å²) in [7, 11) is 2.91. The minimum absolute atomic E-state index is 0.00541. The van der Waals surface area contributed by atoms with Crippen LogP contribution >= 0.6 is 0 Å². The lowest BCUT2D eigenvalue weighted by atomic mass is 10.00. The van der Waals surface area contributed by atoms with E-state index in [0.29, 0.717) is 36.5 Å². The van der Waals surface area contributed by atoms with Crippen LogP contribution in [0.4, 0.5) is 9.18 Å². The molecule has 0 aliphatic carbocycles. The molecule has 1 amide bonds. The van der Waals surface area contributed by atoms with Crippen molar-refractivity contribution in [2.75, 3.05) is 33.9 Å². The van der Waals surface area contributed by atoms with Gasteiger partial charge in [0.2, 0.25) is 0 Å². The number of ether oxygens (including phenoxy) is 3. The third kappa shape index (κ3) is 5.54. The predicted octanol–water partition coefficient (Wildman–Crippen LogP) is 5.02. The molecule has 2 aliphatic rings. The van der Waals surface area contributed by atoms with Gasteiger partial charge in [0, 0.05) is 48.5 Å². The number of nitrogens with zero attached hydrogens (tertiary/aromatic N) is 3. The van der Waals surface area contributed by atoms with Crippen LogP contribution in [-0.4, -0.2) is 83.4 Å². The van der Waals surface area contributed by atoms with Gasteiger partial charge < -0.3 is 19.2 Å². The molecule has 9 nitrogen and oxygen atoms in total. The van der Waals surface area contributed by atoms with Crippen LogP contribution in [0.1, 0.15) is 39.3 Å². The number of benzene rings is 1. The molecule has 0 bridgehead atoms. The number of amides is 1. The SMILES string of the molecule is COC(=O)[C@@H]1CC(N2CC=C(c3cc4c(-c5cc(F)ccc5OC)ccnc4[nH]3)CC2)CN1C(=O)OC(C)(C)C. The van der Waals surface area contributed by atoms with E-state index in [2.05, 4.69) is 27.0 Å². The smallest absolute Gasteiger partial charge is 0.411 e. The van der Waals surface area contributed by atoms with Gasteiger partial charge in [0.1, 0.15) is 28.9 Å². The fraction of sp³-hybridized carbons (Fsp3) is 0.433. The molecule has 0 radical (unpaired) electrons. The summed E-state index contributed by atoms with van der Waals surface area (Å²) in [5, 5.41) is 0.884. The topological polar surface area (TPSA) is 97.0 Å². The first-order chi connectivity index (χ1) is 19.1. The van der Waals surface area contributed by atoms with Gasteiger partial charge in [-0.2, -0.15) is 0 Å². The number of hydrogen-bond donors (Lipinski definition) is 1. The highest BCUT2D eigenvalue weighted by atomic mass is 19.1. The molecule has 3 aromatic rings. The molecular formula is C30H35FN4O5. The number of hydrogen-bond acceptors (Lipinski definition) is 7. The normalized spacial score (nSPS) is 19.9. The molecule has 10 heteroatoms. The fourth-order valence-electron chi connectivity index (χ4n) is 5.55. The maximum atomic E-state index is 14.1. The number of methoxy groups -OCH3 is 2. The van der Waals surface area contributed by atoms with Crippen molar-refractivity contribution in [2.24, 2.45) is 0 Å². The summed E-state index contributed by atoms with van der Waals surface area (Å²) in [5.74, 6) is -0.178. The van der Waals surface area contributed by atoms with E-state index in [4.69, 9.17) is 14.2 Å². The van der Waals surface area contributed by atoms with Crippen molar-refractivity contribution in [3.05, 3.63) is 54.1 Å². The van der Waals surface area contributed by atoms with Gasteiger partial charge in [0.25, 0.3) is 0 Å². The third-order valence-electron chi connectivity index (χ3n) is 7.47. The van der Waals surface area contributed by atoms with Crippen LogP contribution in [-0.2, 0) is 14.3 Å². The van der Waals surface area contributed by atoms with Crippen molar-refractivity contribution >= 4 is 28.7 Å². The van der Waals surface area contributed by atoms with Crippen molar-refractivity contribution < 1.29 is 28.2 Å². The van der Waals surface area contributed by atoms with E-state index in [-0.39, 0.29) is 11.9 Å². The van der Waals surface area contributed by atoms with Crippen molar-refractivity contribution in [3.8, 4) is 16.9 Å². The summed E-state index contributed by atoms with van der Waals surface area (Å²) in [4.78, 5) is 37.1. The fourth-order valence-corrected chi connectivity index (χ4v) is 5.55. The highest BCUT2D eigenvalue weighted by molar-refractivity contribution is 5.96. The monoisotopic (exact) mass is 550 g/mol. The van der Waals surface area contributed by atoms with Crippen LogP contribution in [0.15, 0.2) is 42.6 Å². The number of carbonyl (C=O) groups is 2. The Balaban J connectivity index is 1.35. The Labute approximate surface area is 232 Å². The van der Waals surface area contributed by atoms with Gasteiger partial charge in [0.05, 0.1) is 14.2 Å². The van der Waals surface area contributed by atoms with Crippen molar-refractivity contribution in [1.29, 1.82) is 0 Å². The number of esters is 1. The molecule has 212 valence electrons. The molecular weight excluding hydrogens is 515 g/mol. The summed E-state index contributed by atoms with van der Waals surface area (Å²) in [6.07, 6.45) is 4.63. The van der Waals surface area contributed by atoms with Crippen LogP contribution in [0, 0.1) is 5.82 Å². The second-order valence-corrected chi connectivity index (χ2v) is 11.2. The number of likely N-dealkylation sites (tertiary alicyclic amines) is 1. The number of rotatable bonds is 5. The Bertz CT molecular complexity index is 1460. The average molecular weight is 551 g/mol. The van der Waals surface area contributed by atoms with Crippen molar-refractivity contribution in [1.82, 2.24) is 19.8 Å². The maximum absolute atomic E-state index is 14.1. The predicted molar refractivity (Wildman–Crippen MR) is 149 cm³/mol. The Hall–Kier alpha value is -3.92. The molecule has 1 unspecified atom stereocenters. The van der Waals surface area contributed by atoms with Gasteiger partial charge in [-0.3, -0.25) is 9.80 Å². The number of fused-ring (bicyclic) bond motifs is 1. The number of halogens is 1. The number of nitrogens with one attached hydrogen (secondary N) is 1. The Morgan fingerprint density at radius 1 is 1.12 bits per heavy atom. The zero-order valence-electron chi connectivity index (χ0n) is 23.5. The van der Waals surface area contributed by atoms with Gasteiger partial charge in [-0.25, -0.2) is 19.0 Å². The minimum Gasteiger partial charge on any atom is -0.496 e. The minimum atomic E-state index is -0.673. The number of aromatic nitrogens is 2. The van der Waals surface area contributed by atoms with Crippen LogP contribution in [0.25, 0.3) is 27.7 Å². The molecule has 2 aromatic heterocycles. The van der Waals surface area contributed by atoms with Gasteiger partial charge in [-0.1, -0.05) is 6.08 Å². The molecule has 0 spiro atoms. The summed E-state index contributed by atoms with van der Waals surface area (Å²) in [5.41, 5.74) is 3.67. The molecule has 4 heterocycles. The largest absolute Gasteiger partial charge is 0.496 e. The lowest BCUT2D eigenvalue weighted by Crippen LogP contribution is -2.44. The van der Waals surface area contributed by atoms with E-state index in [0.717, 1.165) is 35.2 Å². The highest BCUT2D eigenvalue weighted by Gasteiger charge is 2.44. The Kier molecular flexibility index (Phi) is 7.55. The second-order valence-electron chi connectivity index (χ2n) is 11.2. The van der Waals surface area contributed by atoms with Crippen LogP contribution < -0.4 is 4.74 Å². The van der Waals surface area contributed by atoms with E-state index in [1.54, 1.807) is 40.1 Å². The summed E-state index contributed by atoms with van der Waals surface area (Å²) >= 11 is 0. The lowest BCUT2D eigenvalue weighted by Gasteiger charge is -2.31. The number of carbonyl (C=O) groups excluding carboxylic acids is 2. The molecule has 0 saturated carbocycles. The van der Waals surface area contributed by atoms with E-state index < -0.39 is 23.7 Å². The van der Waals surface area contributed by atoms with E-state index in [1.807, 2.05) is 6.07 Å². The molecule has 1 fully saturated rings. The summed E-state index contributed by atoms with van der Waals surface area (Å²) in [6, 6.07) is 7.73. The van der Waals surface area contributed by atoms with Crippen molar-refractivity contribution in [2.45, 2.75) is 51.3 Å². The highest BCUT2D eigenvalue weighted by Crippen LogP contribution is 2.37. The first-order valence-electron chi connectivity index (χ1n) is 13.4. The van der Waals surface area contributed by atoms with Gasteiger partial charge >= 0.3 is 12.1 Å². The lowest BCUT2D eigenvalue weighted by molar-refractivity contribution is -0.145. The summed E-state index contributed by atoms with van der Waals surface area (Å²) in [6.45, 7) is 7.25. The quantitative estimate of drug-likeness (QED) is 0.446. The zero-order chi connectivity index (χ0) is 28.6. The van der Waals surface area contributed by atoms with Gasteiger partial charge in [-0.05, 0) is 75.1 Å². The molecule has 1 N–H and O–H groups in total. The van der Waals surface area contributed by atoms with Crippen molar-refractivity contribution in [3.63, 3.8) is 0 Å². The van der Waals surface area contributed by atoms with Gasteiger partial charge in [0.15, 0.2) is 0 Å². The number of H-pyrrole nitrogens is 1. The first-order valence-corrected chi connectivity index (χ1v) is 13.4. The second kappa shape index (κ2) is 10.9. The molecule has 1 saturated heterocycles. The van der Waals surface area contributed by atoms with E-state index in [9.17, 15) is 14.0 Å². The van der Waals surface area contributed by atoms with Crippen LogP contribution in [0.2, 0.25) is 0 Å². The molecule has 5 rings (SSSR count). The standard InChI is InChI=1S/C30H35FN4O5/c1-30(2,3)40-29(37)35-17-20(15-25(35)28(36)39-5)34-12-9-18(10-13-34)24-16-23-21(8-11-32-27(23)33-24)22-14-19(31)6-7-26(22)38-4/h6-9,11,14,16,20,25H,10,12-13,15,17H2,1-5H3,(H,32,33)/t20?,25-/m0/s1. The van der Waals surface area contributed by atoms with Gasteiger partial charge in [-0.15, -0.1) is 0 Å². The third-order valence-corrected chi connectivity index (χ3v) is 7.47. The number of aromatic amines is 1. The van der Waals surface area contributed by atoms with Crippen LogP contribution in [0.3, 0.4) is 0 Å². The Morgan fingerprint density at radius 3 is 2.60 bits per heavy atom.